The molecule has 0 bridgehead atoms. The quantitative estimate of drug-likeness (QED) is 0.544. The topological polar surface area (TPSA) is 86.5 Å². The van der Waals surface area contributed by atoms with Crippen molar-refractivity contribution in [1.82, 2.24) is 19.9 Å². The number of hydrogen-bond donors (Lipinski definition) is 2. The summed E-state index contributed by atoms with van der Waals surface area (Å²) in [6.45, 7) is 3.58. The lowest BCUT2D eigenvalue weighted by Gasteiger charge is -2.35. The van der Waals surface area contributed by atoms with E-state index in [0.717, 1.165) is 37.0 Å². The van der Waals surface area contributed by atoms with Crippen LogP contribution >= 0.6 is 24.8 Å². The Balaban J connectivity index is 0.00000171. The van der Waals surface area contributed by atoms with E-state index in [1.54, 1.807) is 7.05 Å². The van der Waals surface area contributed by atoms with Gasteiger partial charge in [0.15, 0.2) is 5.82 Å². The van der Waals surface area contributed by atoms with Crippen molar-refractivity contribution in [2.75, 3.05) is 42.5 Å². The lowest BCUT2D eigenvalue weighted by atomic mass is 10.0. The molecule has 4 heterocycles. The fourth-order valence-corrected chi connectivity index (χ4v) is 4.58. The number of piperazine rings is 1. The molecule has 5 rings (SSSR count). The molecular weight excluding hydrogens is 494 g/mol. The van der Waals surface area contributed by atoms with Gasteiger partial charge in [-0.25, -0.2) is 9.37 Å². The Morgan fingerprint density at radius 2 is 1.86 bits per heavy atom. The Hall–Kier alpha value is -2.72. The number of aliphatic hydroxyl groups excluding tert-OH is 1. The maximum absolute atomic E-state index is 14.3. The van der Waals surface area contributed by atoms with Crippen molar-refractivity contribution >= 4 is 36.4 Å². The smallest absolute Gasteiger partial charge is 0.255 e. The van der Waals surface area contributed by atoms with Crippen molar-refractivity contribution < 1.29 is 9.50 Å². The van der Waals surface area contributed by atoms with Crippen LogP contribution in [0.2, 0.25) is 0 Å². The second-order valence-corrected chi connectivity index (χ2v) is 8.63. The third-order valence-electron chi connectivity index (χ3n) is 6.44. The molecule has 0 saturated carbocycles. The van der Waals surface area contributed by atoms with Crippen molar-refractivity contribution in [1.29, 1.82) is 0 Å². The van der Waals surface area contributed by atoms with E-state index in [4.69, 9.17) is 0 Å². The minimum atomic E-state index is -0.506. The number of aromatic nitrogens is 3. The van der Waals surface area contributed by atoms with E-state index in [2.05, 4.69) is 49.4 Å². The first kappa shape index (κ1) is 26.9. The summed E-state index contributed by atoms with van der Waals surface area (Å²) in [5.41, 5.74) is 2.58. The van der Waals surface area contributed by atoms with E-state index in [1.807, 2.05) is 0 Å². The van der Waals surface area contributed by atoms with Gasteiger partial charge in [-0.15, -0.1) is 24.8 Å². The average Bonchev–Trinajstić information content (AvgIpc) is 3.27. The summed E-state index contributed by atoms with van der Waals surface area (Å²) in [7, 11) is 1.69. The van der Waals surface area contributed by atoms with Gasteiger partial charge in [-0.05, 0) is 30.2 Å². The van der Waals surface area contributed by atoms with Crippen LogP contribution in [-0.2, 0) is 7.05 Å². The predicted molar refractivity (Wildman–Crippen MR) is 139 cm³/mol. The highest BCUT2D eigenvalue weighted by atomic mass is 35.5. The van der Waals surface area contributed by atoms with Crippen LogP contribution < -0.4 is 20.7 Å². The standard InChI is InChI=1S/C24H27FN6O2.2ClH/c1-29-23(33)12-21(19-6-8-26-13-20(19)25)28-24(29)31-11-9-27-22(15-31)16-2-4-17(5-3-16)30-10-7-18(32)14-30;;/h2-6,8,12-13,18,22,27,32H,7,9-11,14-15H2,1H3;2*1H/t18?,22-;;/m1../s1. The molecule has 35 heavy (non-hydrogen) atoms. The molecule has 2 aliphatic rings. The fraction of sp³-hybridized carbons (Fsp3) is 0.375. The van der Waals surface area contributed by atoms with Crippen LogP contribution in [-0.4, -0.2) is 58.5 Å². The third kappa shape index (κ3) is 5.59. The number of halogens is 3. The SMILES string of the molecule is Cl.Cl.Cn1c(N2CCN[C@@H](c3ccc(N4CCC(O)C4)cc3)C2)nc(-c2ccncc2F)cc1=O. The normalized spacial score (nSPS) is 19.7. The summed E-state index contributed by atoms with van der Waals surface area (Å²) < 4.78 is 15.8. The zero-order valence-corrected chi connectivity index (χ0v) is 20.9. The van der Waals surface area contributed by atoms with Crippen molar-refractivity contribution in [3.05, 3.63) is 70.5 Å². The maximum Gasteiger partial charge on any atom is 0.255 e. The second kappa shape index (κ2) is 11.3. The summed E-state index contributed by atoms with van der Waals surface area (Å²) in [6, 6.07) is 11.4. The first-order valence-electron chi connectivity index (χ1n) is 11.2. The largest absolute Gasteiger partial charge is 0.391 e. The molecule has 0 spiro atoms. The Morgan fingerprint density at radius 1 is 1.09 bits per heavy atom. The van der Waals surface area contributed by atoms with Crippen LogP contribution in [0.4, 0.5) is 16.0 Å². The summed E-state index contributed by atoms with van der Waals surface area (Å²) >= 11 is 0. The molecule has 1 aromatic carbocycles. The molecule has 11 heteroatoms. The lowest BCUT2D eigenvalue weighted by Crippen LogP contribution is -2.47. The third-order valence-corrected chi connectivity index (χ3v) is 6.44. The number of nitrogens with one attached hydrogen (secondary N) is 1. The van der Waals surface area contributed by atoms with Crippen LogP contribution in [0.25, 0.3) is 11.3 Å². The Kier molecular flexibility index (Phi) is 8.71. The van der Waals surface area contributed by atoms with E-state index in [-0.39, 0.29) is 48.1 Å². The molecule has 2 aromatic heterocycles. The Labute approximate surface area is 215 Å². The number of aliphatic hydroxyl groups is 1. The summed E-state index contributed by atoms with van der Waals surface area (Å²) in [5.74, 6) is 0.0101. The molecule has 2 atom stereocenters. The van der Waals surface area contributed by atoms with Gasteiger partial charge in [0.05, 0.1) is 18.0 Å². The van der Waals surface area contributed by atoms with E-state index in [9.17, 15) is 14.3 Å². The second-order valence-electron chi connectivity index (χ2n) is 8.63. The summed E-state index contributed by atoms with van der Waals surface area (Å²) in [6.07, 6.45) is 3.16. The number of pyridine rings is 1. The summed E-state index contributed by atoms with van der Waals surface area (Å²) in [5, 5.41) is 13.3. The first-order chi connectivity index (χ1) is 16.0. The number of benzene rings is 1. The molecule has 2 saturated heterocycles. The van der Waals surface area contributed by atoms with Crippen LogP contribution in [0, 0.1) is 5.82 Å². The Morgan fingerprint density at radius 3 is 2.54 bits per heavy atom. The first-order valence-corrected chi connectivity index (χ1v) is 11.2. The monoisotopic (exact) mass is 522 g/mol. The molecular formula is C24H29Cl2FN6O2. The minimum Gasteiger partial charge on any atom is -0.391 e. The van der Waals surface area contributed by atoms with Crippen LogP contribution in [0.5, 0.6) is 0 Å². The van der Waals surface area contributed by atoms with Gasteiger partial charge in [0.2, 0.25) is 5.95 Å². The van der Waals surface area contributed by atoms with E-state index in [1.165, 1.54) is 22.9 Å². The highest BCUT2D eigenvalue weighted by Gasteiger charge is 2.25. The molecule has 3 aromatic rings. The van der Waals surface area contributed by atoms with E-state index < -0.39 is 5.82 Å². The molecule has 2 aliphatic heterocycles. The van der Waals surface area contributed by atoms with Crippen LogP contribution in [0.1, 0.15) is 18.0 Å². The summed E-state index contributed by atoms with van der Waals surface area (Å²) in [4.78, 5) is 25.3. The van der Waals surface area contributed by atoms with Crippen LogP contribution in [0.3, 0.4) is 0 Å². The van der Waals surface area contributed by atoms with Gasteiger partial charge in [0.1, 0.15) is 0 Å². The van der Waals surface area contributed by atoms with Gasteiger partial charge >= 0.3 is 0 Å². The van der Waals surface area contributed by atoms with E-state index in [0.29, 0.717) is 31.3 Å². The molecule has 188 valence electrons. The molecule has 2 N–H and O–H groups in total. The van der Waals surface area contributed by atoms with Crippen molar-refractivity contribution in [2.45, 2.75) is 18.6 Å². The number of β-amino-alcohol motifs (C(OH)–C–C–N with tert-alkyl or cyclic N) is 1. The molecule has 8 nitrogen and oxygen atoms in total. The van der Waals surface area contributed by atoms with Crippen molar-refractivity contribution in [2.24, 2.45) is 7.05 Å². The van der Waals surface area contributed by atoms with Crippen molar-refractivity contribution in [3.8, 4) is 11.3 Å². The fourth-order valence-electron chi connectivity index (χ4n) is 4.58. The highest BCUT2D eigenvalue weighted by molar-refractivity contribution is 5.85. The maximum atomic E-state index is 14.3. The highest BCUT2D eigenvalue weighted by Crippen LogP contribution is 2.26. The molecule has 2 fully saturated rings. The molecule has 0 amide bonds. The van der Waals surface area contributed by atoms with Gasteiger partial charge in [0.25, 0.3) is 5.56 Å². The van der Waals surface area contributed by atoms with Gasteiger partial charge in [-0.2, -0.15) is 0 Å². The average molecular weight is 523 g/mol. The molecule has 0 aliphatic carbocycles. The van der Waals surface area contributed by atoms with Crippen LogP contribution in [0.15, 0.2) is 53.6 Å². The predicted octanol–water partition coefficient (Wildman–Crippen LogP) is 2.55. The Bertz CT molecular complexity index is 1210. The minimum absolute atomic E-state index is 0. The number of nitrogens with zero attached hydrogens (tertiary/aromatic N) is 5. The molecule has 0 radical (unpaired) electrons. The van der Waals surface area contributed by atoms with Gasteiger partial charge in [-0.1, -0.05) is 12.1 Å². The number of hydrogen-bond acceptors (Lipinski definition) is 7. The van der Waals surface area contributed by atoms with Gasteiger partial charge in [-0.3, -0.25) is 14.3 Å². The van der Waals surface area contributed by atoms with Crippen molar-refractivity contribution in [3.63, 3.8) is 0 Å². The van der Waals surface area contributed by atoms with Gasteiger partial charge in [0, 0.05) is 69.3 Å². The lowest BCUT2D eigenvalue weighted by molar-refractivity contribution is 0.198. The number of rotatable bonds is 4. The zero-order valence-electron chi connectivity index (χ0n) is 19.3. The zero-order chi connectivity index (χ0) is 22.9. The van der Waals surface area contributed by atoms with E-state index >= 15 is 0 Å². The number of anilines is 2. The van der Waals surface area contributed by atoms with Gasteiger partial charge < -0.3 is 20.2 Å². The molecule has 1 unspecified atom stereocenters.